The molecule has 0 radical (unpaired) electrons. The Kier molecular flexibility index (Phi) is 6.23. The van der Waals surface area contributed by atoms with Gasteiger partial charge in [-0.25, -0.2) is 13.2 Å². The molecule has 0 aromatic carbocycles. The Bertz CT molecular complexity index is 727. The summed E-state index contributed by atoms with van der Waals surface area (Å²) in [5, 5.41) is 8.45. The summed E-state index contributed by atoms with van der Waals surface area (Å²) in [6.45, 7) is 5.23. The summed E-state index contributed by atoms with van der Waals surface area (Å²) in [5.41, 5.74) is 0. The highest BCUT2D eigenvalue weighted by Crippen LogP contribution is 2.28. The number of furan rings is 1. The molecule has 0 saturated carbocycles. The van der Waals surface area contributed by atoms with Crippen molar-refractivity contribution in [3.05, 3.63) is 17.9 Å². The Morgan fingerprint density at radius 3 is 2.64 bits per heavy atom. The topological polar surface area (TPSA) is 108 Å². The SMILES string of the molecule is CCCCN(CC)C(=O)C1CCCN1S(=O)(=O)c1ccc(C(=O)O)o1. The van der Waals surface area contributed by atoms with Crippen molar-refractivity contribution in [1.82, 2.24) is 9.21 Å². The van der Waals surface area contributed by atoms with Crippen LogP contribution in [0.3, 0.4) is 0 Å². The molecule has 1 aromatic rings. The lowest BCUT2D eigenvalue weighted by atomic mass is 10.2. The van der Waals surface area contributed by atoms with Gasteiger partial charge < -0.3 is 14.4 Å². The summed E-state index contributed by atoms with van der Waals surface area (Å²) in [5.74, 6) is -1.99. The lowest BCUT2D eigenvalue weighted by molar-refractivity contribution is -0.134. The number of aromatic carboxylic acids is 1. The molecule has 1 atom stereocenters. The molecule has 140 valence electrons. The molecule has 25 heavy (non-hydrogen) atoms. The van der Waals surface area contributed by atoms with Crippen molar-refractivity contribution in [3.8, 4) is 0 Å². The number of unbranched alkanes of at least 4 members (excludes halogenated alkanes) is 1. The number of nitrogens with zero attached hydrogens (tertiary/aromatic N) is 2. The van der Waals surface area contributed by atoms with Gasteiger partial charge >= 0.3 is 5.97 Å². The van der Waals surface area contributed by atoms with E-state index in [0.29, 0.717) is 25.9 Å². The largest absolute Gasteiger partial charge is 0.475 e. The smallest absolute Gasteiger partial charge is 0.371 e. The summed E-state index contributed by atoms with van der Waals surface area (Å²) in [4.78, 5) is 25.4. The number of likely N-dealkylation sites (N-methyl/N-ethyl adjacent to an activating group) is 1. The van der Waals surface area contributed by atoms with Crippen LogP contribution in [0.5, 0.6) is 0 Å². The Labute approximate surface area is 147 Å². The number of rotatable bonds is 8. The molecule has 0 bridgehead atoms. The van der Waals surface area contributed by atoms with Gasteiger partial charge in [-0.1, -0.05) is 13.3 Å². The second-order valence-electron chi connectivity index (χ2n) is 5.97. The molecule has 2 heterocycles. The van der Waals surface area contributed by atoms with E-state index in [9.17, 15) is 18.0 Å². The number of carboxylic acids is 1. The summed E-state index contributed by atoms with van der Waals surface area (Å²) in [7, 11) is -4.05. The monoisotopic (exact) mass is 372 g/mol. The number of carboxylic acid groups (broad SMARTS) is 1. The maximum atomic E-state index is 12.8. The summed E-state index contributed by atoms with van der Waals surface area (Å²) in [6.07, 6.45) is 2.83. The summed E-state index contributed by atoms with van der Waals surface area (Å²) < 4.78 is 31.6. The van der Waals surface area contributed by atoms with E-state index in [1.54, 1.807) is 4.90 Å². The zero-order chi connectivity index (χ0) is 18.6. The molecule has 2 rings (SSSR count). The highest BCUT2D eigenvalue weighted by molar-refractivity contribution is 7.89. The molecule has 1 aliphatic heterocycles. The van der Waals surface area contributed by atoms with Gasteiger partial charge in [0.05, 0.1) is 0 Å². The Hall–Kier alpha value is -1.87. The van der Waals surface area contributed by atoms with E-state index in [1.807, 2.05) is 13.8 Å². The van der Waals surface area contributed by atoms with Crippen molar-refractivity contribution in [3.63, 3.8) is 0 Å². The van der Waals surface area contributed by atoms with E-state index >= 15 is 0 Å². The van der Waals surface area contributed by atoms with Crippen LogP contribution < -0.4 is 0 Å². The van der Waals surface area contributed by atoms with E-state index in [4.69, 9.17) is 9.52 Å². The van der Waals surface area contributed by atoms with Gasteiger partial charge in [0.25, 0.3) is 10.0 Å². The molecule has 1 amide bonds. The van der Waals surface area contributed by atoms with E-state index in [-0.39, 0.29) is 12.5 Å². The number of carbonyl (C=O) groups is 2. The minimum Gasteiger partial charge on any atom is -0.475 e. The number of hydrogen-bond acceptors (Lipinski definition) is 5. The van der Waals surface area contributed by atoms with Crippen molar-refractivity contribution in [2.75, 3.05) is 19.6 Å². The Balaban J connectivity index is 2.24. The zero-order valence-electron chi connectivity index (χ0n) is 14.5. The highest BCUT2D eigenvalue weighted by Gasteiger charge is 2.42. The quantitative estimate of drug-likeness (QED) is 0.745. The normalized spacial score (nSPS) is 18.4. The van der Waals surface area contributed by atoms with Crippen molar-refractivity contribution < 1.29 is 27.5 Å². The fourth-order valence-corrected chi connectivity index (χ4v) is 4.51. The molecule has 0 spiro atoms. The van der Waals surface area contributed by atoms with Gasteiger partial charge in [0.1, 0.15) is 6.04 Å². The minimum atomic E-state index is -4.05. The first-order chi connectivity index (χ1) is 11.8. The third kappa shape index (κ3) is 4.04. The molecule has 0 aliphatic carbocycles. The Morgan fingerprint density at radius 1 is 1.36 bits per heavy atom. The van der Waals surface area contributed by atoms with Gasteiger partial charge in [-0.05, 0) is 38.3 Å². The van der Waals surface area contributed by atoms with E-state index in [1.165, 1.54) is 0 Å². The molecular formula is C16H24N2O6S. The van der Waals surface area contributed by atoms with E-state index < -0.39 is 32.9 Å². The van der Waals surface area contributed by atoms with E-state index in [2.05, 4.69) is 0 Å². The van der Waals surface area contributed by atoms with Gasteiger partial charge in [-0.2, -0.15) is 4.31 Å². The van der Waals surface area contributed by atoms with Gasteiger partial charge in [0.2, 0.25) is 16.8 Å². The molecule has 1 N–H and O–H groups in total. The fraction of sp³-hybridized carbons (Fsp3) is 0.625. The van der Waals surface area contributed by atoms with Crippen LogP contribution in [0.4, 0.5) is 0 Å². The molecule has 8 nitrogen and oxygen atoms in total. The number of hydrogen-bond donors (Lipinski definition) is 1. The van der Waals surface area contributed by atoms with Crippen LogP contribution in [0.2, 0.25) is 0 Å². The molecule has 1 fully saturated rings. The first-order valence-corrected chi connectivity index (χ1v) is 9.90. The van der Waals surface area contributed by atoms with Crippen molar-refractivity contribution >= 4 is 21.9 Å². The first kappa shape index (κ1) is 19.5. The predicted octanol–water partition coefficient (Wildman–Crippen LogP) is 1.78. The summed E-state index contributed by atoms with van der Waals surface area (Å²) >= 11 is 0. The van der Waals surface area contributed by atoms with Crippen LogP contribution in [0.15, 0.2) is 21.6 Å². The van der Waals surface area contributed by atoms with Gasteiger partial charge in [0, 0.05) is 19.6 Å². The third-order valence-electron chi connectivity index (χ3n) is 4.32. The lowest BCUT2D eigenvalue weighted by Gasteiger charge is -2.28. The van der Waals surface area contributed by atoms with Gasteiger partial charge in [-0.15, -0.1) is 0 Å². The van der Waals surface area contributed by atoms with Crippen LogP contribution in [0, 0.1) is 0 Å². The summed E-state index contributed by atoms with van der Waals surface area (Å²) in [6, 6.07) is 1.45. The molecule has 1 unspecified atom stereocenters. The number of amides is 1. The molecule has 1 saturated heterocycles. The van der Waals surface area contributed by atoms with Gasteiger partial charge in [0.15, 0.2) is 0 Å². The van der Waals surface area contributed by atoms with Crippen LogP contribution in [-0.2, 0) is 14.8 Å². The second kappa shape index (κ2) is 8.01. The van der Waals surface area contributed by atoms with Gasteiger partial charge in [-0.3, -0.25) is 4.79 Å². The number of sulfonamides is 1. The van der Waals surface area contributed by atoms with Crippen LogP contribution in [0.1, 0.15) is 50.1 Å². The van der Waals surface area contributed by atoms with Crippen molar-refractivity contribution in [1.29, 1.82) is 0 Å². The molecule has 1 aliphatic rings. The Morgan fingerprint density at radius 2 is 2.08 bits per heavy atom. The van der Waals surface area contributed by atoms with Crippen LogP contribution in [-0.4, -0.2) is 60.3 Å². The molecule has 9 heteroatoms. The molecular weight excluding hydrogens is 348 g/mol. The van der Waals surface area contributed by atoms with Crippen LogP contribution >= 0.6 is 0 Å². The van der Waals surface area contributed by atoms with Crippen molar-refractivity contribution in [2.45, 2.75) is 50.7 Å². The third-order valence-corrected chi connectivity index (χ3v) is 6.10. The first-order valence-electron chi connectivity index (χ1n) is 8.46. The fourth-order valence-electron chi connectivity index (χ4n) is 2.95. The maximum Gasteiger partial charge on any atom is 0.371 e. The number of carbonyl (C=O) groups excluding carboxylic acids is 1. The standard InChI is InChI=1S/C16H24N2O6S/c1-3-5-10-17(4-2)15(19)12-7-6-11-18(12)25(22,23)14-9-8-13(24-14)16(20)21/h8-9,12H,3-7,10-11H2,1-2H3,(H,20,21). The highest BCUT2D eigenvalue weighted by atomic mass is 32.2. The average molecular weight is 372 g/mol. The predicted molar refractivity (Wildman–Crippen MR) is 89.7 cm³/mol. The minimum absolute atomic E-state index is 0.206. The average Bonchev–Trinajstić information content (AvgIpc) is 3.25. The maximum absolute atomic E-state index is 12.8. The van der Waals surface area contributed by atoms with E-state index in [0.717, 1.165) is 29.3 Å². The second-order valence-corrected chi connectivity index (χ2v) is 7.79. The van der Waals surface area contributed by atoms with Crippen molar-refractivity contribution in [2.24, 2.45) is 0 Å². The van der Waals surface area contributed by atoms with Crippen LogP contribution in [0.25, 0.3) is 0 Å². The molecule has 1 aromatic heterocycles. The lowest BCUT2D eigenvalue weighted by Crippen LogP contribution is -2.47. The zero-order valence-corrected chi connectivity index (χ0v) is 15.3.